The summed E-state index contributed by atoms with van der Waals surface area (Å²) >= 11 is 0. The van der Waals surface area contributed by atoms with E-state index in [9.17, 15) is 29.3 Å². The molecule has 36 heavy (non-hydrogen) atoms. The van der Waals surface area contributed by atoms with Crippen molar-refractivity contribution in [2.24, 2.45) is 5.92 Å². The highest BCUT2D eigenvalue weighted by Gasteiger charge is 2.36. The van der Waals surface area contributed by atoms with Crippen LogP contribution in [0.25, 0.3) is 0 Å². The molecule has 13 nitrogen and oxygen atoms in total. The maximum Gasteiger partial charge on any atom is 0.309 e. The van der Waals surface area contributed by atoms with Gasteiger partial charge in [-0.05, 0) is 38.3 Å². The summed E-state index contributed by atoms with van der Waals surface area (Å²) in [6.07, 6.45) is 0.817. The van der Waals surface area contributed by atoms with E-state index in [1.165, 1.54) is 18.2 Å². The smallest absolute Gasteiger partial charge is 0.309 e. The Morgan fingerprint density at radius 3 is 2.64 bits per heavy atom. The summed E-state index contributed by atoms with van der Waals surface area (Å²) in [7, 11) is 0. The number of carbonyl (C=O) groups is 3. The first kappa shape index (κ1) is 24.8. The molecule has 0 radical (unpaired) electrons. The molecular weight excluding hydrogens is 472 g/mol. The Labute approximate surface area is 205 Å². The van der Waals surface area contributed by atoms with Gasteiger partial charge < -0.3 is 20.3 Å². The first-order valence-corrected chi connectivity index (χ1v) is 11.6. The van der Waals surface area contributed by atoms with Crippen LogP contribution in [-0.2, 0) is 19.1 Å². The number of hydrogen-bond donors (Lipinski definition) is 3. The number of nitro groups is 1. The molecular formula is C23H26N6O7. The van der Waals surface area contributed by atoms with Crippen LogP contribution >= 0.6 is 0 Å². The summed E-state index contributed by atoms with van der Waals surface area (Å²) in [4.78, 5) is 69.8. The average Bonchev–Trinajstić information content (AvgIpc) is 2.84. The Balaban J connectivity index is 1.54. The van der Waals surface area contributed by atoms with Gasteiger partial charge in [0.25, 0.3) is 11.2 Å². The second-order valence-corrected chi connectivity index (χ2v) is 8.72. The Hall–Kier alpha value is -4.29. The molecule has 1 saturated heterocycles. The molecule has 3 N–H and O–H groups in total. The lowest BCUT2D eigenvalue weighted by molar-refractivity contribution is -0.384. The number of aromatic amines is 1. The van der Waals surface area contributed by atoms with Crippen LogP contribution in [-0.4, -0.2) is 52.4 Å². The molecule has 190 valence electrons. The van der Waals surface area contributed by atoms with E-state index in [0.29, 0.717) is 43.8 Å². The van der Waals surface area contributed by atoms with Crippen LogP contribution in [0.3, 0.4) is 0 Å². The van der Waals surface area contributed by atoms with E-state index >= 15 is 0 Å². The second kappa shape index (κ2) is 10.1. The van der Waals surface area contributed by atoms with E-state index < -0.39 is 28.2 Å². The highest BCUT2D eigenvalue weighted by atomic mass is 16.6. The molecule has 13 heteroatoms. The standard InChI is InChI=1S/C23H26N6O7/c1-3-36-22(33)13-6-8-28(9-7-13)23-26-19-18(21(32)27-23)15(11-17(30)25-19)20(31)24-16-5-4-14(29(34)35)10-12(16)2/h4-5,10,13,15H,3,6-9,11H2,1-2H3,(H,24,31)(H2,25,26,27,30,32). The van der Waals surface area contributed by atoms with Gasteiger partial charge in [0.15, 0.2) is 0 Å². The number of aromatic nitrogens is 2. The third-order valence-electron chi connectivity index (χ3n) is 6.35. The van der Waals surface area contributed by atoms with Gasteiger partial charge in [-0.25, -0.2) is 0 Å². The number of hydrogen-bond acceptors (Lipinski definition) is 9. The molecule has 1 atom stereocenters. The zero-order valence-electron chi connectivity index (χ0n) is 19.8. The number of esters is 1. The van der Waals surface area contributed by atoms with Crippen LogP contribution < -0.4 is 21.1 Å². The topological polar surface area (TPSA) is 177 Å². The quantitative estimate of drug-likeness (QED) is 0.304. The number of H-pyrrole nitrogens is 1. The average molecular weight is 498 g/mol. The fourth-order valence-electron chi connectivity index (χ4n) is 4.44. The molecule has 0 spiro atoms. The highest BCUT2D eigenvalue weighted by Crippen LogP contribution is 2.32. The maximum atomic E-state index is 13.1. The van der Waals surface area contributed by atoms with Gasteiger partial charge in [-0.15, -0.1) is 0 Å². The monoisotopic (exact) mass is 498 g/mol. The number of anilines is 3. The molecule has 1 aromatic heterocycles. The summed E-state index contributed by atoms with van der Waals surface area (Å²) in [6.45, 7) is 4.60. The Bertz CT molecular complexity index is 1280. The summed E-state index contributed by atoms with van der Waals surface area (Å²) in [5.41, 5.74) is 0.169. The first-order valence-electron chi connectivity index (χ1n) is 11.6. The summed E-state index contributed by atoms with van der Waals surface area (Å²) in [6, 6.07) is 3.99. The molecule has 0 saturated carbocycles. The number of nitro benzene ring substituents is 1. The molecule has 2 aliphatic heterocycles. The van der Waals surface area contributed by atoms with Crippen LogP contribution in [0.5, 0.6) is 0 Å². The minimum Gasteiger partial charge on any atom is -0.466 e. The van der Waals surface area contributed by atoms with Crippen molar-refractivity contribution in [3.8, 4) is 0 Å². The number of piperidine rings is 1. The molecule has 1 aromatic carbocycles. The van der Waals surface area contributed by atoms with Gasteiger partial charge in [0.05, 0.1) is 28.9 Å². The highest BCUT2D eigenvalue weighted by molar-refractivity contribution is 6.04. The number of fused-ring (bicyclic) bond motifs is 1. The number of nitrogens with zero attached hydrogens (tertiary/aromatic N) is 3. The van der Waals surface area contributed by atoms with Crippen molar-refractivity contribution in [2.75, 3.05) is 35.2 Å². The largest absolute Gasteiger partial charge is 0.466 e. The number of non-ortho nitro benzene ring substituents is 1. The number of aryl methyl sites for hydroxylation is 1. The van der Waals surface area contributed by atoms with Crippen LogP contribution in [0, 0.1) is 23.0 Å². The van der Waals surface area contributed by atoms with Gasteiger partial charge in [-0.2, -0.15) is 4.98 Å². The van der Waals surface area contributed by atoms with E-state index in [4.69, 9.17) is 4.74 Å². The molecule has 2 amide bonds. The van der Waals surface area contributed by atoms with Gasteiger partial charge in [-0.3, -0.25) is 34.3 Å². The number of benzene rings is 1. The first-order chi connectivity index (χ1) is 17.2. The zero-order chi connectivity index (χ0) is 26.0. The van der Waals surface area contributed by atoms with Gasteiger partial charge >= 0.3 is 5.97 Å². The Kier molecular flexibility index (Phi) is 6.99. The Morgan fingerprint density at radius 2 is 2.00 bits per heavy atom. The minimum absolute atomic E-state index is 0.0121. The van der Waals surface area contributed by atoms with Crippen LogP contribution in [0.15, 0.2) is 23.0 Å². The van der Waals surface area contributed by atoms with Crippen molar-refractivity contribution in [3.63, 3.8) is 0 Å². The lowest BCUT2D eigenvalue weighted by atomic mass is 9.92. The fraction of sp³-hybridized carbons (Fsp3) is 0.435. The van der Waals surface area contributed by atoms with Crippen molar-refractivity contribution in [1.82, 2.24) is 9.97 Å². The van der Waals surface area contributed by atoms with E-state index in [0.717, 1.165) is 0 Å². The zero-order valence-corrected chi connectivity index (χ0v) is 19.8. The maximum absolute atomic E-state index is 13.1. The van der Waals surface area contributed by atoms with Crippen molar-refractivity contribution in [2.45, 2.75) is 39.0 Å². The fourth-order valence-corrected chi connectivity index (χ4v) is 4.44. The second-order valence-electron chi connectivity index (χ2n) is 8.72. The van der Waals surface area contributed by atoms with E-state index in [2.05, 4.69) is 20.6 Å². The van der Waals surface area contributed by atoms with E-state index in [-0.39, 0.29) is 41.3 Å². The predicted octanol–water partition coefficient (Wildman–Crippen LogP) is 1.83. The summed E-state index contributed by atoms with van der Waals surface area (Å²) in [5, 5.41) is 16.2. The number of carbonyl (C=O) groups excluding carboxylic acids is 3. The molecule has 0 aliphatic carbocycles. The number of nitrogens with one attached hydrogen (secondary N) is 3. The number of amides is 2. The minimum atomic E-state index is -1.09. The molecule has 2 aromatic rings. The van der Waals surface area contributed by atoms with Crippen molar-refractivity contribution in [1.29, 1.82) is 0 Å². The van der Waals surface area contributed by atoms with Gasteiger partial charge in [0.1, 0.15) is 5.82 Å². The van der Waals surface area contributed by atoms with Gasteiger partial charge in [-0.1, -0.05) is 0 Å². The molecule has 1 fully saturated rings. The third-order valence-corrected chi connectivity index (χ3v) is 6.35. The summed E-state index contributed by atoms with van der Waals surface area (Å²) in [5.74, 6) is -2.36. The van der Waals surface area contributed by atoms with Crippen LogP contribution in [0.1, 0.15) is 43.2 Å². The molecule has 4 rings (SSSR count). The van der Waals surface area contributed by atoms with Crippen molar-refractivity contribution < 1.29 is 24.0 Å². The van der Waals surface area contributed by atoms with Gasteiger partial charge in [0, 0.05) is 37.3 Å². The Morgan fingerprint density at radius 1 is 1.28 bits per heavy atom. The normalized spacial score (nSPS) is 17.7. The SMILES string of the molecule is CCOC(=O)C1CCN(c2nc3c(c(=O)[nH]2)C(C(=O)Nc2ccc([N+](=O)[O-])cc2C)CC(=O)N3)CC1. The van der Waals surface area contributed by atoms with Crippen LogP contribution in [0.2, 0.25) is 0 Å². The van der Waals surface area contributed by atoms with E-state index in [1.54, 1.807) is 13.8 Å². The number of ether oxygens (including phenoxy) is 1. The summed E-state index contributed by atoms with van der Waals surface area (Å²) < 4.78 is 5.08. The van der Waals surface area contributed by atoms with Crippen LogP contribution in [0.4, 0.5) is 23.1 Å². The molecule has 0 bridgehead atoms. The molecule has 3 heterocycles. The van der Waals surface area contributed by atoms with Crippen molar-refractivity contribution >= 4 is 40.9 Å². The predicted molar refractivity (Wildman–Crippen MR) is 129 cm³/mol. The number of rotatable bonds is 6. The lowest BCUT2D eigenvalue weighted by Crippen LogP contribution is -2.41. The molecule has 2 aliphatic rings. The lowest BCUT2D eigenvalue weighted by Gasteiger charge is -2.32. The van der Waals surface area contributed by atoms with E-state index in [1.807, 2.05) is 4.90 Å². The van der Waals surface area contributed by atoms with Gasteiger partial charge in [0.2, 0.25) is 17.8 Å². The third kappa shape index (κ3) is 5.04. The van der Waals surface area contributed by atoms with Crippen molar-refractivity contribution in [3.05, 3.63) is 49.8 Å². The molecule has 1 unspecified atom stereocenters.